The second kappa shape index (κ2) is 6.89. The van der Waals surface area contributed by atoms with Gasteiger partial charge in [-0.1, -0.05) is 25.5 Å². The van der Waals surface area contributed by atoms with Crippen molar-refractivity contribution < 1.29 is 27.8 Å². The van der Waals surface area contributed by atoms with Crippen molar-refractivity contribution in [3.05, 3.63) is 42.0 Å². The molecule has 0 saturated heterocycles. The molecule has 0 spiro atoms. The van der Waals surface area contributed by atoms with Crippen LogP contribution in [-0.4, -0.2) is 23.4 Å². The Labute approximate surface area is 131 Å². The van der Waals surface area contributed by atoms with Crippen molar-refractivity contribution in [2.75, 3.05) is 0 Å². The molecule has 1 N–H and O–H groups in total. The summed E-state index contributed by atoms with van der Waals surface area (Å²) in [6, 6.07) is 8.92. The quantitative estimate of drug-likeness (QED) is 0.801. The van der Waals surface area contributed by atoms with E-state index in [0.717, 1.165) is 0 Å². The van der Waals surface area contributed by atoms with Gasteiger partial charge >= 0.3 is 12.1 Å². The van der Waals surface area contributed by atoms with Crippen molar-refractivity contribution in [3.8, 4) is 5.75 Å². The number of hydrogen-bond donors (Lipinski definition) is 1. The first-order chi connectivity index (χ1) is 10.8. The van der Waals surface area contributed by atoms with Gasteiger partial charge in [0.1, 0.15) is 5.75 Å². The Balaban J connectivity index is 2.20. The topological polar surface area (TPSA) is 46.5 Å². The Bertz CT molecular complexity index is 695. The van der Waals surface area contributed by atoms with Gasteiger partial charge in [-0.2, -0.15) is 13.2 Å². The molecule has 124 valence electrons. The first kappa shape index (κ1) is 17.1. The third-order valence-electron chi connectivity index (χ3n) is 3.49. The van der Waals surface area contributed by atoms with Gasteiger partial charge in [-0.15, -0.1) is 0 Å². The number of phenolic OH excluding ortho intramolecular Hbond substituents is 1. The molecule has 0 saturated carbocycles. The smallest absolute Gasteiger partial charge is 0.425 e. The van der Waals surface area contributed by atoms with E-state index in [2.05, 4.69) is 4.74 Å². The molecule has 1 atom stereocenters. The predicted octanol–water partition coefficient (Wildman–Crippen LogP) is 4.82. The van der Waals surface area contributed by atoms with Gasteiger partial charge in [0.05, 0.1) is 5.56 Å². The Morgan fingerprint density at radius 3 is 2.48 bits per heavy atom. The molecule has 3 nitrogen and oxygen atoms in total. The Hall–Kier alpha value is -2.24. The van der Waals surface area contributed by atoms with E-state index in [-0.39, 0.29) is 17.7 Å². The van der Waals surface area contributed by atoms with Gasteiger partial charge in [0, 0.05) is 0 Å². The first-order valence-corrected chi connectivity index (χ1v) is 7.31. The Morgan fingerprint density at radius 2 is 1.83 bits per heavy atom. The van der Waals surface area contributed by atoms with Crippen molar-refractivity contribution in [2.24, 2.45) is 0 Å². The summed E-state index contributed by atoms with van der Waals surface area (Å²) in [7, 11) is 0. The SMILES string of the molecule is CCCC[C@@H](OC(=O)c1ccc2cc(O)ccc2c1)C(F)(F)F. The molecule has 0 aromatic heterocycles. The summed E-state index contributed by atoms with van der Waals surface area (Å²) < 4.78 is 43.4. The molecule has 2 aromatic rings. The molecule has 0 aliphatic heterocycles. The summed E-state index contributed by atoms with van der Waals surface area (Å²) >= 11 is 0. The summed E-state index contributed by atoms with van der Waals surface area (Å²) in [6.45, 7) is 1.77. The minimum atomic E-state index is -4.58. The van der Waals surface area contributed by atoms with Crippen molar-refractivity contribution in [1.29, 1.82) is 0 Å². The highest BCUT2D eigenvalue weighted by atomic mass is 19.4. The summed E-state index contributed by atoms with van der Waals surface area (Å²) in [5, 5.41) is 10.7. The molecule has 0 unspecified atom stereocenters. The first-order valence-electron chi connectivity index (χ1n) is 7.31. The number of unbranched alkanes of at least 4 members (excludes halogenated alkanes) is 1. The standard InChI is InChI=1S/C17H17F3O3/c1-2-3-4-15(17(18,19)20)23-16(22)13-6-5-12-10-14(21)8-7-11(12)9-13/h5-10,15,21H,2-4H2,1H3/t15-/m1/s1. The van der Waals surface area contributed by atoms with E-state index in [1.165, 1.54) is 24.3 Å². The highest BCUT2D eigenvalue weighted by Crippen LogP contribution is 2.28. The maximum atomic E-state index is 12.9. The minimum Gasteiger partial charge on any atom is -0.508 e. The number of ether oxygens (including phenoxy) is 1. The third kappa shape index (κ3) is 4.37. The van der Waals surface area contributed by atoms with Crippen LogP contribution in [0.15, 0.2) is 36.4 Å². The van der Waals surface area contributed by atoms with E-state index in [4.69, 9.17) is 0 Å². The molecular formula is C17H17F3O3. The fourth-order valence-electron chi connectivity index (χ4n) is 2.24. The number of fused-ring (bicyclic) bond motifs is 1. The molecule has 23 heavy (non-hydrogen) atoms. The number of halogens is 3. The van der Waals surface area contributed by atoms with Crippen molar-refractivity contribution >= 4 is 16.7 Å². The van der Waals surface area contributed by atoms with Gasteiger partial charge in [-0.05, 0) is 47.9 Å². The van der Waals surface area contributed by atoms with E-state index < -0.39 is 18.2 Å². The molecule has 0 radical (unpaired) electrons. The largest absolute Gasteiger partial charge is 0.508 e. The molecule has 0 fully saturated rings. The van der Waals surface area contributed by atoms with Gasteiger partial charge in [-0.25, -0.2) is 4.79 Å². The minimum absolute atomic E-state index is 0.0499. The maximum Gasteiger partial charge on any atom is 0.425 e. The third-order valence-corrected chi connectivity index (χ3v) is 3.49. The van der Waals surface area contributed by atoms with E-state index in [9.17, 15) is 23.1 Å². The van der Waals surface area contributed by atoms with Crippen LogP contribution in [0.5, 0.6) is 5.75 Å². The van der Waals surface area contributed by atoms with Gasteiger partial charge < -0.3 is 9.84 Å². The fraction of sp³-hybridized carbons (Fsp3) is 0.353. The normalized spacial score (nSPS) is 13.0. The highest BCUT2D eigenvalue weighted by molar-refractivity contribution is 5.95. The molecule has 6 heteroatoms. The second-order valence-electron chi connectivity index (χ2n) is 5.32. The summed E-state index contributed by atoms with van der Waals surface area (Å²) in [6.07, 6.45) is -6.00. The van der Waals surface area contributed by atoms with E-state index in [1.54, 1.807) is 19.1 Å². The summed E-state index contributed by atoms with van der Waals surface area (Å²) in [4.78, 5) is 12.0. The predicted molar refractivity (Wildman–Crippen MR) is 80.4 cm³/mol. The fourth-order valence-corrected chi connectivity index (χ4v) is 2.24. The molecule has 0 aliphatic carbocycles. The van der Waals surface area contributed by atoms with Crippen LogP contribution in [-0.2, 0) is 4.74 Å². The molecule has 2 aromatic carbocycles. The highest BCUT2D eigenvalue weighted by Gasteiger charge is 2.42. The number of aromatic hydroxyl groups is 1. The van der Waals surface area contributed by atoms with Crippen LogP contribution in [0.1, 0.15) is 36.5 Å². The zero-order valence-corrected chi connectivity index (χ0v) is 12.6. The molecule has 0 amide bonds. The average Bonchev–Trinajstić information content (AvgIpc) is 2.49. The van der Waals surface area contributed by atoms with Crippen LogP contribution in [0.25, 0.3) is 10.8 Å². The van der Waals surface area contributed by atoms with Crippen LogP contribution in [0.3, 0.4) is 0 Å². The van der Waals surface area contributed by atoms with Crippen molar-refractivity contribution in [2.45, 2.75) is 38.5 Å². The number of carbonyl (C=O) groups excluding carboxylic acids is 1. The summed E-state index contributed by atoms with van der Waals surface area (Å²) in [5.74, 6) is -0.928. The number of phenols is 1. The number of benzene rings is 2. The number of esters is 1. The maximum absolute atomic E-state index is 12.9. The molecule has 0 heterocycles. The molecule has 0 bridgehead atoms. The lowest BCUT2D eigenvalue weighted by molar-refractivity contribution is -0.206. The molecule has 0 aliphatic rings. The molecular weight excluding hydrogens is 309 g/mol. The number of carbonyl (C=O) groups is 1. The average molecular weight is 326 g/mol. The summed E-state index contributed by atoms with van der Waals surface area (Å²) in [5.41, 5.74) is 0.0499. The van der Waals surface area contributed by atoms with Crippen LogP contribution in [0, 0.1) is 0 Å². The van der Waals surface area contributed by atoms with Gasteiger partial charge in [0.15, 0.2) is 6.10 Å². The van der Waals surface area contributed by atoms with Gasteiger partial charge in [-0.3, -0.25) is 0 Å². The van der Waals surface area contributed by atoms with Crippen LogP contribution in [0.2, 0.25) is 0 Å². The number of rotatable bonds is 5. The van der Waals surface area contributed by atoms with E-state index in [0.29, 0.717) is 23.6 Å². The Morgan fingerprint density at radius 1 is 1.17 bits per heavy atom. The van der Waals surface area contributed by atoms with E-state index >= 15 is 0 Å². The lowest BCUT2D eigenvalue weighted by atomic mass is 10.1. The zero-order chi connectivity index (χ0) is 17.0. The monoisotopic (exact) mass is 326 g/mol. The van der Waals surface area contributed by atoms with Crippen molar-refractivity contribution in [3.63, 3.8) is 0 Å². The Kier molecular flexibility index (Phi) is 5.13. The van der Waals surface area contributed by atoms with Crippen LogP contribution in [0.4, 0.5) is 13.2 Å². The van der Waals surface area contributed by atoms with Gasteiger partial charge in [0.25, 0.3) is 0 Å². The van der Waals surface area contributed by atoms with Crippen LogP contribution >= 0.6 is 0 Å². The second-order valence-corrected chi connectivity index (χ2v) is 5.32. The lowest BCUT2D eigenvalue weighted by Gasteiger charge is -2.20. The van der Waals surface area contributed by atoms with Crippen molar-refractivity contribution in [1.82, 2.24) is 0 Å². The van der Waals surface area contributed by atoms with E-state index in [1.807, 2.05) is 0 Å². The van der Waals surface area contributed by atoms with Crippen LogP contribution < -0.4 is 0 Å². The molecule has 2 rings (SSSR count). The zero-order valence-electron chi connectivity index (χ0n) is 12.6. The number of hydrogen-bond acceptors (Lipinski definition) is 3. The lowest BCUT2D eigenvalue weighted by Crippen LogP contribution is -2.33. The number of alkyl halides is 3. The van der Waals surface area contributed by atoms with Gasteiger partial charge in [0.2, 0.25) is 0 Å².